The fourth-order valence-corrected chi connectivity index (χ4v) is 3.71. The Labute approximate surface area is 111 Å². The van der Waals surface area contributed by atoms with Crippen LogP contribution in [0.4, 0.5) is 4.39 Å². The van der Waals surface area contributed by atoms with Gasteiger partial charge >= 0.3 is 0 Å². The average molecular weight is 263 g/mol. The lowest BCUT2D eigenvalue weighted by molar-refractivity contribution is 0.217. The van der Waals surface area contributed by atoms with Crippen LogP contribution in [-0.2, 0) is 6.42 Å². The molecule has 1 aromatic heterocycles. The van der Waals surface area contributed by atoms with Gasteiger partial charge in [-0.2, -0.15) is 0 Å². The number of thiophene rings is 1. The molecule has 1 saturated heterocycles. The number of hydrogen-bond acceptors (Lipinski definition) is 2. The van der Waals surface area contributed by atoms with Crippen LogP contribution in [0.3, 0.4) is 0 Å². The van der Waals surface area contributed by atoms with Gasteiger partial charge in [-0.1, -0.05) is 24.6 Å². The van der Waals surface area contributed by atoms with Gasteiger partial charge in [-0.15, -0.1) is 11.3 Å². The van der Waals surface area contributed by atoms with Gasteiger partial charge in [0.05, 0.1) is 0 Å². The summed E-state index contributed by atoms with van der Waals surface area (Å²) in [6.45, 7) is 0.968. The van der Waals surface area contributed by atoms with E-state index in [0.29, 0.717) is 6.42 Å². The Morgan fingerprint density at radius 2 is 2.22 bits per heavy atom. The topological polar surface area (TPSA) is 12.0 Å². The number of alkyl halides is 1. The van der Waals surface area contributed by atoms with Crippen LogP contribution < -0.4 is 5.32 Å². The van der Waals surface area contributed by atoms with Gasteiger partial charge in [-0.3, -0.25) is 0 Å². The second-order valence-electron chi connectivity index (χ2n) is 5.03. The molecular weight excluding hydrogens is 245 g/mol. The van der Waals surface area contributed by atoms with Gasteiger partial charge < -0.3 is 5.32 Å². The first-order valence-electron chi connectivity index (χ1n) is 6.67. The van der Waals surface area contributed by atoms with Crippen molar-refractivity contribution in [1.82, 2.24) is 5.32 Å². The Morgan fingerprint density at radius 3 is 3.06 bits per heavy atom. The van der Waals surface area contributed by atoms with E-state index in [2.05, 4.69) is 22.8 Å². The van der Waals surface area contributed by atoms with Gasteiger partial charge in [0.15, 0.2) is 0 Å². The lowest BCUT2D eigenvalue weighted by Crippen LogP contribution is -2.42. The van der Waals surface area contributed by atoms with E-state index in [0.717, 1.165) is 24.9 Å². The molecule has 0 spiro atoms. The zero-order valence-electron chi connectivity index (χ0n) is 10.4. The van der Waals surface area contributed by atoms with E-state index >= 15 is 0 Å². The highest BCUT2D eigenvalue weighted by Gasteiger charge is 2.23. The first-order valence-corrected chi connectivity index (χ1v) is 7.55. The number of halogens is 1. The van der Waals surface area contributed by atoms with E-state index in [1.54, 1.807) is 11.3 Å². The van der Waals surface area contributed by atoms with Gasteiger partial charge in [0, 0.05) is 17.2 Å². The molecule has 18 heavy (non-hydrogen) atoms. The first-order chi connectivity index (χ1) is 8.84. The monoisotopic (exact) mass is 263 g/mol. The van der Waals surface area contributed by atoms with Crippen molar-refractivity contribution < 1.29 is 4.39 Å². The maximum absolute atomic E-state index is 14.3. The van der Waals surface area contributed by atoms with Crippen LogP contribution in [0.2, 0.25) is 0 Å². The Hall–Kier alpha value is -0.930. The number of hydrogen-bond donors (Lipinski definition) is 1. The predicted octanol–water partition coefficient (Wildman–Crippen LogP) is 3.92. The molecule has 3 heteroatoms. The quantitative estimate of drug-likeness (QED) is 0.885. The summed E-state index contributed by atoms with van der Waals surface area (Å²) in [5, 5.41) is 6.64. The molecule has 0 saturated carbocycles. The Bertz CT molecular complexity index is 516. The van der Waals surface area contributed by atoms with E-state index in [1.165, 1.54) is 16.5 Å². The maximum Gasteiger partial charge on any atom is 0.119 e. The largest absolute Gasteiger partial charge is 0.311 e. The zero-order valence-corrected chi connectivity index (χ0v) is 11.2. The normalized spacial score (nSPS) is 22.2. The Balaban J connectivity index is 1.75. The molecule has 2 heterocycles. The molecule has 0 aliphatic carbocycles. The highest BCUT2D eigenvalue weighted by atomic mass is 32.1. The lowest BCUT2D eigenvalue weighted by Gasteiger charge is -2.26. The summed E-state index contributed by atoms with van der Waals surface area (Å²) in [6, 6.07) is 8.33. The number of fused-ring (bicyclic) bond motifs is 1. The van der Waals surface area contributed by atoms with Crippen molar-refractivity contribution in [2.45, 2.75) is 37.9 Å². The van der Waals surface area contributed by atoms with Crippen LogP contribution >= 0.6 is 11.3 Å². The number of nitrogens with one attached hydrogen (secondary N) is 1. The van der Waals surface area contributed by atoms with Crippen molar-refractivity contribution in [2.75, 3.05) is 6.54 Å². The van der Waals surface area contributed by atoms with Gasteiger partial charge in [-0.25, -0.2) is 4.39 Å². The van der Waals surface area contributed by atoms with Crippen LogP contribution in [0, 0.1) is 0 Å². The molecule has 2 unspecified atom stereocenters. The van der Waals surface area contributed by atoms with E-state index in [1.807, 2.05) is 12.1 Å². The Morgan fingerprint density at radius 1 is 1.33 bits per heavy atom. The van der Waals surface area contributed by atoms with Crippen molar-refractivity contribution in [2.24, 2.45) is 0 Å². The molecule has 2 aromatic rings. The average Bonchev–Trinajstić information content (AvgIpc) is 2.83. The molecule has 1 aromatic carbocycles. The van der Waals surface area contributed by atoms with Gasteiger partial charge in [-0.05, 0) is 41.8 Å². The highest BCUT2D eigenvalue weighted by Crippen LogP contribution is 2.28. The molecular formula is C15H18FNS. The number of rotatable bonds is 3. The van der Waals surface area contributed by atoms with Crippen LogP contribution in [0.5, 0.6) is 0 Å². The lowest BCUT2D eigenvalue weighted by atomic mass is 9.96. The SMILES string of the molecule is FC(Cc1csc2ccccc12)C1CCCCN1. The van der Waals surface area contributed by atoms with Gasteiger partial charge in [0.1, 0.15) is 6.17 Å². The van der Waals surface area contributed by atoms with Crippen LogP contribution in [0.1, 0.15) is 24.8 Å². The molecule has 0 bridgehead atoms. The molecule has 2 atom stereocenters. The van der Waals surface area contributed by atoms with Crippen LogP contribution in [0.25, 0.3) is 10.1 Å². The zero-order chi connectivity index (χ0) is 12.4. The van der Waals surface area contributed by atoms with E-state index in [-0.39, 0.29) is 6.04 Å². The van der Waals surface area contributed by atoms with E-state index in [4.69, 9.17) is 0 Å². The number of piperidine rings is 1. The summed E-state index contributed by atoms with van der Waals surface area (Å²) < 4.78 is 15.6. The number of benzene rings is 1. The van der Waals surface area contributed by atoms with Crippen LogP contribution in [0.15, 0.2) is 29.6 Å². The molecule has 1 fully saturated rings. The van der Waals surface area contributed by atoms with Gasteiger partial charge in [0.25, 0.3) is 0 Å². The molecule has 0 amide bonds. The van der Waals surface area contributed by atoms with Crippen molar-refractivity contribution in [3.8, 4) is 0 Å². The van der Waals surface area contributed by atoms with Crippen molar-refractivity contribution in [3.05, 3.63) is 35.2 Å². The van der Waals surface area contributed by atoms with E-state index < -0.39 is 6.17 Å². The third kappa shape index (κ3) is 2.43. The summed E-state index contributed by atoms with van der Waals surface area (Å²) in [7, 11) is 0. The second-order valence-corrected chi connectivity index (χ2v) is 5.94. The third-order valence-corrected chi connectivity index (χ3v) is 4.77. The molecule has 1 N–H and O–H groups in total. The Kier molecular flexibility index (Phi) is 3.62. The molecule has 0 radical (unpaired) electrons. The summed E-state index contributed by atoms with van der Waals surface area (Å²) in [5.41, 5.74) is 1.16. The summed E-state index contributed by atoms with van der Waals surface area (Å²) in [5.74, 6) is 0. The second kappa shape index (κ2) is 5.37. The first kappa shape index (κ1) is 12.1. The van der Waals surface area contributed by atoms with Crippen molar-refractivity contribution >= 4 is 21.4 Å². The summed E-state index contributed by atoms with van der Waals surface area (Å²) in [6.07, 6.45) is 3.10. The van der Waals surface area contributed by atoms with Gasteiger partial charge in [0.2, 0.25) is 0 Å². The fourth-order valence-electron chi connectivity index (χ4n) is 2.73. The standard InChI is InChI=1S/C15H18FNS/c16-13(14-6-3-4-8-17-14)9-11-10-18-15-7-2-1-5-12(11)15/h1-2,5,7,10,13-14,17H,3-4,6,8-9H2. The van der Waals surface area contributed by atoms with Crippen molar-refractivity contribution in [1.29, 1.82) is 0 Å². The predicted molar refractivity (Wildman–Crippen MR) is 76.1 cm³/mol. The highest BCUT2D eigenvalue weighted by molar-refractivity contribution is 7.17. The third-order valence-electron chi connectivity index (χ3n) is 3.76. The molecule has 1 nitrogen and oxygen atoms in total. The minimum Gasteiger partial charge on any atom is -0.311 e. The molecule has 96 valence electrons. The fraction of sp³-hybridized carbons (Fsp3) is 0.467. The summed E-state index contributed by atoms with van der Waals surface area (Å²) in [4.78, 5) is 0. The molecule has 3 rings (SSSR count). The molecule has 1 aliphatic rings. The minimum atomic E-state index is -0.761. The smallest absolute Gasteiger partial charge is 0.119 e. The van der Waals surface area contributed by atoms with E-state index in [9.17, 15) is 4.39 Å². The van der Waals surface area contributed by atoms with Crippen molar-refractivity contribution in [3.63, 3.8) is 0 Å². The minimum absolute atomic E-state index is 0.0532. The maximum atomic E-state index is 14.3. The summed E-state index contributed by atoms with van der Waals surface area (Å²) >= 11 is 1.72. The molecule has 1 aliphatic heterocycles. The van der Waals surface area contributed by atoms with Crippen LogP contribution in [-0.4, -0.2) is 18.8 Å².